The van der Waals surface area contributed by atoms with Crippen LogP contribution in [-0.2, 0) is 0 Å². The van der Waals surface area contributed by atoms with Crippen molar-refractivity contribution < 1.29 is 18.9 Å². The first-order valence-corrected chi connectivity index (χ1v) is 4.71. The Morgan fingerprint density at radius 2 is 1.85 bits per heavy atom. The standard InChI is InChI=1S/C12H17.Li/c1-3-11(2)9-10-12-7-5-4-6-8-12;/h4-8,10-11H,3,9H2,1-2H3;/q-1;+1. The van der Waals surface area contributed by atoms with Gasteiger partial charge in [-0.2, -0.15) is 24.1 Å². The molecule has 1 unspecified atom stereocenters. The van der Waals surface area contributed by atoms with E-state index in [-0.39, 0.29) is 18.9 Å². The second-order valence-corrected chi connectivity index (χ2v) is 3.36. The van der Waals surface area contributed by atoms with Crippen molar-refractivity contribution in [3.8, 4) is 0 Å². The zero-order valence-electron chi connectivity index (χ0n) is 8.96. The summed E-state index contributed by atoms with van der Waals surface area (Å²) in [5.41, 5.74) is 1.35. The van der Waals surface area contributed by atoms with E-state index in [1.54, 1.807) is 0 Å². The Labute approximate surface area is 93.9 Å². The first kappa shape index (κ1) is 12.7. The van der Waals surface area contributed by atoms with Crippen LogP contribution in [0.5, 0.6) is 0 Å². The Kier molecular flexibility index (Phi) is 6.95. The molecule has 0 amide bonds. The van der Waals surface area contributed by atoms with Gasteiger partial charge in [0.1, 0.15) is 0 Å². The van der Waals surface area contributed by atoms with Crippen molar-refractivity contribution >= 4 is 0 Å². The third kappa shape index (κ3) is 5.08. The smallest absolute Gasteiger partial charge is 0.192 e. The summed E-state index contributed by atoms with van der Waals surface area (Å²) < 4.78 is 0. The van der Waals surface area contributed by atoms with Crippen LogP contribution in [0.2, 0.25) is 0 Å². The van der Waals surface area contributed by atoms with Gasteiger partial charge in [0.2, 0.25) is 0 Å². The summed E-state index contributed by atoms with van der Waals surface area (Å²) in [4.78, 5) is 0. The third-order valence-corrected chi connectivity index (χ3v) is 2.25. The molecule has 0 aliphatic carbocycles. The van der Waals surface area contributed by atoms with Gasteiger partial charge in [0.15, 0.2) is 0 Å². The largest absolute Gasteiger partial charge is 1.00 e. The summed E-state index contributed by atoms with van der Waals surface area (Å²) in [6.45, 7) is 4.53. The minimum Gasteiger partial charge on any atom is -0.192 e. The van der Waals surface area contributed by atoms with Crippen molar-refractivity contribution in [2.45, 2.75) is 26.7 Å². The van der Waals surface area contributed by atoms with Gasteiger partial charge in [-0.15, -0.1) is 12.1 Å². The molecule has 1 aromatic rings. The van der Waals surface area contributed by atoms with Crippen LogP contribution in [0.25, 0.3) is 0 Å². The number of rotatable bonds is 4. The Morgan fingerprint density at radius 3 is 2.38 bits per heavy atom. The van der Waals surface area contributed by atoms with E-state index in [1.807, 2.05) is 0 Å². The average Bonchev–Trinajstić information content (AvgIpc) is 2.16. The van der Waals surface area contributed by atoms with Gasteiger partial charge in [-0.3, -0.25) is 0 Å². The van der Waals surface area contributed by atoms with Gasteiger partial charge in [-0.1, -0.05) is 38.7 Å². The van der Waals surface area contributed by atoms with Crippen molar-refractivity contribution in [1.82, 2.24) is 0 Å². The van der Waals surface area contributed by atoms with Gasteiger partial charge in [0, 0.05) is 0 Å². The molecule has 0 spiro atoms. The monoisotopic (exact) mass is 168 g/mol. The van der Waals surface area contributed by atoms with E-state index in [4.69, 9.17) is 0 Å². The maximum atomic E-state index is 2.31. The molecule has 0 aliphatic rings. The maximum absolute atomic E-state index is 2.31. The molecule has 0 bridgehead atoms. The second kappa shape index (κ2) is 7.13. The summed E-state index contributed by atoms with van der Waals surface area (Å²) in [6, 6.07) is 10.5. The van der Waals surface area contributed by atoms with Crippen molar-refractivity contribution in [3.63, 3.8) is 0 Å². The van der Waals surface area contributed by atoms with Crippen molar-refractivity contribution in [2.75, 3.05) is 0 Å². The van der Waals surface area contributed by atoms with Crippen molar-refractivity contribution in [3.05, 3.63) is 42.3 Å². The summed E-state index contributed by atoms with van der Waals surface area (Å²) in [5, 5.41) is 0. The zero-order valence-corrected chi connectivity index (χ0v) is 8.96. The van der Waals surface area contributed by atoms with Crippen LogP contribution in [0.15, 0.2) is 30.3 Å². The van der Waals surface area contributed by atoms with Gasteiger partial charge < -0.3 is 0 Å². The normalized spacial score (nSPS) is 11.5. The topological polar surface area (TPSA) is 0 Å². The molecular formula is C12H17Li. The summed E-state index contributed by atoms with van der Waals surface area (Å²) in [7, 11) is 0. The van der Waals surface area contributed by atoms with Crippen LogP contribution in [-0.4, -0.2) is 0 Å². The summed E-state index contributed by atoms with van der Waals surface area (Å²) >= 11 is 0. The zero-order chi connectivity index (χ0) is 8.81. The fourth-order valence-electron chi connectivity index (χ4n) is 1.09. The fourth-order valence-corrected chi connectivity index (χ4v) is 1.09. The molecule has 0 aliphatic heterocycles. The van der Waals surface area contributed by atoms with Crippen LogP contribution in [0.1, 0.15) is 32.3 Å². The molecule has 0 saturated carbocycles. The van der Waals surface area contributed by atoms with E-state index in [9.17, 15) is 0 Å². The molecule has 0 aromatic heterocycles. The second-order valence-electron chi connectivity index (χ2n) is 3.36. The van der Waals surface area contributed by atoms with E-state index >= 15 is 0 Å². The molecule has 0 nitrogen and oxygen atoms in total. The van der Waals surface area contributed by atoms with Crippen LogP contribution in [0.3, 0.4) is 0 Å². The van der Waals surface area contributed by atoms with E-state index in [1.165, 1.54) is 18.4 Å². The number of benzene rings is 1. The van der Waals surface area contributed by atoms with E-state index in [0.717, 1.165) is 5.92 Å². The van der Waals surface area contributed by atoms with E-state index in [0.29, 0.717) is 0 Å². The van der Waals surface area contributed by atoms with Gasteiger partial charge in [0.25, 0.3) is 0 Å². The minimum atomic E-state index is 0. The molecular weight excluding hydrogens is 151 g/mol. The molecule has 0 saturated heterocycles. The molecule has 13 heavy (non-hydrogen) atoms. The molecule has 1 atom stereocenters. The van der Waals surface area contributed by atoms with Crippen molar-refractivity contribution in [2.24, 2.45) is 5.92 Å². The quantitative estimate of drug-likeness (QED) is 0.458. The van der Waals surface area contributed by atoms with E-state index in [2.05, 4.69) is 50.6 Å². The average molecular weight is 168 g/mol. The Bertz CT molecular complexity index is 206. The third-order valence-electron chi connectivity index (χ3n) is 2.25. The molecule has 1 aromatic carbocycles. The van der Waals surface area contributed by atoms with E-state index < -0.39 is 0 Å². The molecule has 1 rings (SSSR count). The van der Waals surface area contributed by atoms with Crippen LogP contribution >= 0.6 is 0 Å². The van der Waals surface area contributed by atoms with Crippen LogP contribution in [0, 0.1) is 12.3 Å². The predicted octanol–water partition coefficient (Wildman–Crippen LogP) is 0.679. The summed E-state index contributed by atoms with van der Waals surface area (Å²) in [6.07, 6.45) is 4.78. The SMILES string of the molecule is CCC(C)C[CH-]c1ccccc1.[Li+]. The maximum Gasteiger partial charge on any atom is 1.00 e. The molecule has 1 heteroatoms. The van der Waals surface area contributed by atoms with Crippen molar-refractivity contribution in [1.29, 1.82) is 0 Å². The predicted molar refractivity (Wildman–Crippen MR) is 53.9 cm³/mol. The minimum absolute atomic E-state index is 0. The Balaban J connectivity index is 0.00000144. The van der Waals surface area contributed by atoms with Crippen LogP contribution in [0.4, 0.5) is 0 Å². The molecule has 0 N–H and O–H groups in total. The Morgan fingerprint density at radius 1 is 1.23 bits per heavy atom. The van der Waals surface area contributed by atoms with Crippen LogP contribution < -0.4 is 18.9 Å². The molecule has 0 heterocycles. The van der Waals surface area contributed by atoms with Gasteiger partial charge in [-0.25, -0.2) is 0 Å². The first-order valence-electron chi connectivity index (χ1n) is 4.71. The van der Waals surface area contributed by atoms with Gasteiger partial charge in [-0.05, 0) is 0 Å². The number of hydrogen-bond donors (Lipinski definition) is 0. The summed E-state index contributed by atoms with van der Waals surface area (Å²) in [5.74, 6) is 0.810. The number of hydrogen-bond acceptors (Lipinski definition) is 0. The van der Waals surface area contributed by atoms with Gasteiger partial charge >= 0.3 is 18.9 Å². The molecule has 0 radical (unpaired) electrons. The molecule has 66 valence electrons. The Hall–Kier alpha value is -0.313. The molecule has 0 fully saturated rings. The first-order chi connectivity index (χ1) is 5.83. The van der Waals surface area contributed by atoms with Gasteiger partial charge in [0.05, 0.1) is 0 Å². The fraction of sp³-hybridized carbons (Fsp3) is 0.417.